The first-order valence-electron chi connectivity index (χ1n) is 8.44. The van der Waals surface area contributed by atoms with Gasteiger partial charge in [0.25, 0.3) is 0 Å². The van der Waals surface area contributed by atoms with Gasteiger partial charge in [-0.3, -0.25) is 9.13 Å². The Hall–Kier alpha value is -3.93. The van der Waals surface area contributed by atoms with Gasteiger partial charge in [0.15, 0.2) is 0 Å². The smallest absolute Gasteiger partial charge is 0.335 e. The van der Waals surface area contributed by atoms with Crippen molar-refractivity contribution in [3.8, 4) is 11.4 Å². The number of imidazole rings is 2. The largest absolute Gasteiger partial charge is 0.478 e. The molecule has 2 aromatic heterocycles. The lowest BCUT2D eigenvalue weighted by Gasteiger charge is -2.11. The van der Waals surface area contributed by atoms with Crippen molar-refractivity contribution in [2.24, 2.45) is 0 Å². The average molecular weight is 354 g/mol. The lowest BCUT2D eigenvalue weighted by atomic mass is 10.1. The Morgan fingerprint density at radius 1 is 0.741 bits per heavy atom. The fourth-order valence-electron chi connectivity index (χ4n) is 3.33. The van der Waals surface area contributed by atoms with Crippen LogP contribution in [0.4, 0.5) is 0 Å². The second-order valence-corrected chi connectivity index (χ2v) is 6.25. The highest BCUT2D eigenvalue weighted by atomic mass is 16.4. The molecule has 0 aliphatic heterocycles. The van der Waals surface area contributed by atoms with E-state index in [2.05, 4.69) is 9.97 Å². The molecule has 6 nitrogen and oxygen atoms in total. The Bertz CT molecular complexity index is 1220. The summed E-state index contributed by atoms with van der Waals surface area (Å²) in [6.45, 7) is 0. The van der Waals surface area contributed by atoms with Gasteiger partial charge in [-0.05, 0) is 42.5 Å². The van der Waals surface area contributed by atoms with Crippen molar-refractivity contribution >= 4 is 28.0 Å². The number of hydrogen-bond acceptors (Lipinski definition) is 3. The fourth-order valence-corrected chi connectivity index (χ4v) is 3.33. The van der Waals surface area contributed by atoms with Crippen LogP contribution in [0.5, 0.6) is 0 Å². The van der Waals surface area contributed by atoms with Crippen molar-refractivity contribution in [3.05, 3.63) is 84.9 Å². The highest BCUT2D eigenvalue weighted by Crippen LogP contribution is 2.24. The number of hydrogen-bond donors (Lipinski definition) is 1. The molecule has 2 heterocycles. The number of aromatic carboxylic acids is 1. The van der Waals surface area contributed by atoms with Gasteiger partial charge < -0.3 is 5.11 Å². The summed E-state index contributed by atoms with van der Waals surface area (Å²) in [5.74, 6) is -0.980. The highest BCUT2D eigenvalue weighted by molar-refractivity contribution is 5.90. The molecule has 1 N–H and O–H groups in total. The average Bonchev–Trinajstić information content (AvgIpc) is 3.32. The maximum atomic E-state index is 11.7. The van der Waals surface area contributed by atoms with E-state index in [1.54, 1.807) is 24.8 Å². The molecular weight excluding hydrogens is 340 g/mol. The number of carboxylic acid groups (broad SMARTS) is 1. The van der Waals surface area contributed by atoms with Crippen molar-refractivity contribution in [3.63, 3.8) is 0 Å². The standard InChI is InChI=1S/C21H14N4O2/c26-21(27)14-9-15(24-12-22-17-5-1-3-7-19(17)24)11-16(10-14)25-13-23-18-6-2-4-8-20(18)25/h1-13H,(H,26,27). The third kappa shape index (κ3) is 2.46. The van der Waals surface area contributed by atoms with Crippen LogP contribution in [0.15, 0.2) is 79.4 Å². The monoisotopic (exact) mass is 354 g/mol. The molecule has 0 amide bonds. The van der Waals surface area contributed by atoms with E-state index in [4.69, 9.17) is 0 Å². The lowest BCUT2D eigenvalue weighted by Crippen LogP contribution is -2.03. The second kappa shape index (κ2) is 5.81. The number of para-hydroxylation sites is 4. The minimum absolute atomic E-state index is 0.207. The van der Waals surface area contributed by atoms with E-state index in [1.165, 1.54) is 0 Å². The molecule has 0 fully saturated rings. The van der Waals surface area contributed by atoms with Gasteiger partial charge >= 0.3 is 5.97 Å². The second-order valence-electron chi connectivity index (χ2n) is 6.25. The van der Waals surface area contributed by atoms with Crippen LogP contribution < -0.4 is 0 Å². The Balaban J connectivity index is 1.77. The van der Waals surface area contributed by atoms with Gasteiger partial charge in [0, 0.05) is 0 Å². The summed E-state index contributed by atoms with van der Waals surface area (Å²) < 4.78 is 3.79. The molecule has 130 valence electrons. The van der Waals surface area contributed by atoms with E-state index in [0.29, 0.717) is 0 Å². The highest BCUT2D eigenvalue weighted by Gasteiger charge is 2.13. The fraction of sp³-hybridized carbons (Fsp3) is 0. The molecule has 5 rings (SSSR count). The van der Waals surface area contributed by atoms with Crippen LogP contribution in [0.25, 0.3) is 33.4 Å². The summed E-state index contributed by atoms with van der Waals surface area (Å²) in [6.07, 6.45) is 3.42. The maximum Gasteiger partial charge on any atom is 0.335 e. The molecule has 5 aromatic rings. The zero-order valence-corrected chi connectivity index (χ0v) is 14.1. The zero-order chi connectivity index (χ0) is 18.4. The summed E-state index contributed by atoms with van der Waals surface area (Å²) in [7, 11) is 0. The summed E-state index contributed by atoms with van der Waals surface area (Å²) in [6, 6.07) is 20.7. The minimum Gasteiger partial charge on any atom is -0.478 e. The predicted octanol–water partition coefficient (Wildman–Crippen LogP) is 4.06. The van der Waals surface area contributed by atoms with Gasteiger partial charge in [0.2, 0.25) is 0 Å². The van der Waals surface area contributed by atoms with E-state index in [9.17, 15) is 9.90 Å². The van der Waals surface area contributed by atoms with E-state index in [-0.39, 0.29) is 5.56 Å². The molecule has 0 aliphatic carbocycles. The maximum absolute atomic E-state index is 11.7. The third-order valence-corrected chi connectivity index (χ3v) is 4.61. The quantitative estimate of drug-likeness (QED) is 0.530. The molecular formula is C21H14N4O2. The Morgan fingerprint density at radius 3 is 1.70 bits per heavy atom. The zero-order valence-electron chi connectivity index (χ0n) is 14.1. The van der Waals surface area contributed by atoms with Crippen LogP contribution in [0, 0.1) is 0 Å². The van der Waals surface area contributed by atoms with Crippen LogP contribution in [-0.4, -0.2) is 30.2 Å². The molecule has 0 unspecified atom stereocenters. The van der Waals surface area contributed by atoms with Gasteiger partial charge in [-0.1, -0.05) is 24.3 Å². The Morgan fingerprint density at radius 2 is 1.22 bits per heavy atom. The molecule has 3 aromatic carbocycles. The van der Waals surface area contributed by atoms with Crippen molar-refractivity contribution in [2.45, 2.75) is 0 Å². The van der Waals surface area contributed by atoms with Crippen LogP contribution in [0.1, 0.15) is 10.4 Å². The summed E-state index contributed by atoms with van der Waals surface area (Å²) >= 11 is 0. The van der Waals surface area contributed by atoms with Gasteiger partial charge in [-0.25, -0.2) is 14.8 Å². The van der Waals surface area contributed by atoms with E-state index in [0.717, 1.165) is 33.4 Å². The van der Waals surface area contributed by atoms with Crippen molar-refractivity contribution in [1.29, 1.82) is 0 Å². The number of aromatic nitrogens is 4. The Labute approximate surface area is 154 Å². The van der Waals surface area contributed by atoms with Crippen LogP contribution in [0.2, 0.25) is 0 Å². The minimum atomic E-state index is -0.980. The van der Waals surface area contributed by atoms with Crippen molar-refractivity contribution in [2.75, 3.05) is 0 Å². The number of benzene rings is 3. The number of carbonyl (C=O) groups is 1. The first kappa shape index (κ1) is 15.3. The molecule has 0 radical (unpaired) electrons. The van der Waals surface area contributed by atoms with Gasteiger partial charge in [-0.2, -0.15) is 0 Å². The van der Waals surface area contributed by atoms with Gasteiger partial charge in [-0.15, -0.1) is 0 Å². The summed E-state index contributed by atoms with van der Waals surface area (Å²) in [5, 5.41) is 9.61. The number of nitrogens with zero attached hydrogens (tertiary/aromatic N) is 4. The van der Waals surface area contributed by atoms with Gasteiger partial charge in [0.05, 0.1) is 39.0 Å². The van der Waals surface area contributed by atoms with E-state index in [1.807, 2.05) is 63.7 Å². The SMILES string of the molecule is O=C(O)c1cc(-n2cnc3ccccc32)cc(-n2cnc3ccccc32)c1. The van der Waals surface area contributed by atoms with E-state index >= 15 is 0 Å². The van der Waals surface area contributed by atoms with E-state index < -0.39 is 5.97 Å². The molecule has 27 heavy (non-hydrogen) atoms. The number of rotatable bonds is 3. The molecule has 0 aliphatic rings. The van der Waals surface area contributed by atoms with Crippen molar-refractivity contribution < 1.29 is 9.90 Å². The lowest BCUT2D eigenvalue weighted by molar-refractivity contribution is 0.0697. The van der Waals surface area contributed by atoms with Crippen LogP contribution in [-0.2, 0) is 0 Å². The molecule has 0 bridgehead atoms. The summed E-state index contributed by atoms with van der Waals surface area (Å²) in [5.41, 5.74) is 5.22. The predicted molar refractivity (Wildman–Crippen MR) is 103 cm³/mol. The molecule has 0 atom stereocenters. The Kier molecular flexibility index (Phi) is 3.30. The molecule has 0 spiro atoms. The number of fused-ring (bicyclic) bond motifs is 2. The normalized spacial score (nSPS) is 11.3. The van der Waals surface area contributed by atoms with Crippen molar-refractivity contribution in [1.82, 2.24) is 19.1 Å². The molecule has 0 saturated carbocycles. The molecule has 6 heteroatoms. The van der Waals surface area contributed by atoms with Gasteiger partial charge in [0.1, 0.15) is 12.7 Å². The van der Waals surface area contributed by atoms with Crippen LogP contribution >= 0.6 is 0 Å². The molecule has 0 saturated heterocycles. The first-order valence-corrected chi connectivity index (χ1v) is 8.44. The first-order chi connectivity index (χ1) is 13.2. The topological polar surface area (TPSA) is 72.9 Å². The number of carboxylic acids is 1. The summed E-state index contributed by atoms with van der Waals surface area (Å²) in [4.78, 5) is 20.5. The van der Waals surface area contributed by atoms with Crippen LogP contribution in [0.3, 0.4) is 0 Å². The third-order valence-electron chi connectivity index (χ3n) is 4.61.